The van der Waals surface area contributed by atoms with Crippen LogP contribution in [0.5, 0.6) is 0 Å². The summed E-state index contributed by atoms with van der Waals surface area (Å²) in [6.45, 7) is 0. The molecule has 0 aliphatic heterocycles. The first kappa shape index (κ1) is 11.0. The lowest BCUT2D eigenvalue weighted by Crippen LogP contribution is -1.71. The smallest absolute Gasteiger partial charge is 0.00977 e. The minimum Gasteiger partial charge on any atom is -0.0882 e. The van der Waals surface area contributed by atoms with Gasteiger partial charge in [-0.15, -0.1) is 0 Å². The Morgan fingerprint density at radius 1 is 0.714 bits per heavy atom. The van der Waals surface area contributed by atoms with Gasteiger partial charge < -0.3 is 0 Å². The maximum absolute atomic E-state index is 3.25. The van der Waals surface area contributed by atoms with Crippen LogP contribution in [0.1, 0.15) is 38.5 Å². The molecule has 75 valence electrons. The van der Waals surface area contributed by atoms with Crippen LogP contribution in [0.25, 0.3) is 0 Å². The van der Waals surface area contributed by atoms with Crippen molar-refractivity contribution < 1.29 is 0 Å². The Morgan fingerprint density at radius 3 is 2.29 bits per heavy atom. The SMILES string of the molecule is [C]1=CCC=CCCCC=CCC=CC1. The number of hydrogen-bond acceptors (Lipinski definition) is 0. The van der Waals surface area contributed by atoms with E-state index in [1.807, 2.05) is 0 Å². The van der Waals surface area contributed by atoms with Crippen molar-refractivity contribution in [3.8, 4) is 0 Å². The molecule has 0 heteroatoms. The maximum atomic E-state index is 3.25. The zero-order chi connectivity index (χ0) is 9.90. The fraction of sp³-hybridized carbons (Fsp3) is 0.429. The third-order valence-corrected chi connectivity index (χ3v) is 2.15. The molecule has 1 rings (SSSR count). The average molecular weight is 187 g/mol. The van der Waals surface area contributed by atoms with Crippen LogP contribution in [0.2, 0.25) is 0 Å². The van der Waals surface area contributed by atoms with E-state index in [0.717, 1.165) is 19.3 Å². The predicted octanol–water partition coefficient (Wildman–Crippen LogP) is 4.37. The Balaban J connectivity index is 2.34. The molecular weight excluding hydrogens is 168 g/mol. The van der Waals surface area contributed by atoms with Crippen LogP contribution >= 0.6 is 0 Å². The fourth-order valence-electron chi connectivity index (χ4n) is 1.34. The minimum absolute atomic E-state index is 0.946. The van der Waals surface area contributed by atoms with Crippen molar-refractivity contribution in [2.24, 2.45) is 0 Å². The first-order valence-electron chi connectivity index (χ1n) is 5.50. The first-order valence-corrected chi connectivity index (χ1v) is 5.50. The summed E-state index contributed by atoms with van der Waals surface area (Å²) in [7, 11) is 0. The minimum atomic E-state index is 0.946. The molecule has 0 spiro atoms. The molecule has 0 saturated carbocycles. The second kappa shape index (κ2) is 8.55. The van der Waals surface area contributed by atoms with Gasteiger partial charge in [-0.2, -0.15) is 0 Å². The second-order valence-corrected chi connectivity index (χ2v) is 3.43. The average Bonchev–Trinajstić information content (AvgIpc) is 2.22. The van der Waals surface area contributed by atoms with E-state index in [1.54, 1.807) is 0 Å². The molecule has 0 heterocycles. The van der Waals surface area contributed by atoms with Crippen LogP contribution in [-0.4, -0.2) is 0 Å². The molecule has 1 aliphatic rings. The van der Waals surface area contributed by atoms with Gasteiger partial charge >= 0.3 is 0 Å². The summed E-state index contributed by atoms with van der Waals surface area (Å²) in [5.41, 5.74) is 0. The van der Waals surface area contributed by atoms with Gasteiger partial charge in [0.25, 0.3) is 0 Å². The molecule has 0 aromatic rings. The summed E-state index contributed by atoms with van der Waals surface area (Å²) in [5, 5.41) is 0. The zero-order valence-corrected chi connectivity index (χ0v) is 8.78. The molecule has 1 aliphatic carbocycles. The summed E-state index contributed by atoms with van der Waals surface area (Å²) in [6.07, 6.45) is 25.5. The van der Waals surface area contributed by atoms with Crippen molar-refractivity contribution in [2.75, 3.05) is 0 Å². The summed E-state index contributed by atoms with van der Waals surface area (Å²) in [6, 6.07) is 0. The molecule has 0 aromatic carbocycles. The van der Waals surface area contributed by atoms with Crippen LogP contribution in [0.4, 0.5) is 0 Å². The number of hydrogen-bond donors (Lipinski definition) is 0. The molecule has 0 nitrogen and oxygen atoms in total. The summed E-state index contributed by atoms with van der Waals surface area (Å²) in [4.78, 5) is 0. The van der Waals surface area contributed by atoms with E-state index in [2.05, 4.69) is 48.6 Å². The third kappa shape index (κ3) is 6.47. The van der Waals surface area contributed by atoms with Gasteiger partial charge in [-0.25, -0.2) is 0 Å². The van der Waals surface area contributed by atoms with E-state index in [1.165, 1.54) is 19.3 Å². The van der Waals surface area contributed by atoms with Gasteiger partial charge in [0.1, 0.15) is 0 Å². The lowest BCUT2D eigenvalue weighted by molar-refractivity contribution is 0.863. The van der Waals surface area contributed by atoms with Gasteiger partial charge in [0.2, 0.25) is 0 Å². The van der Waals surface area contributed by atoms with Crippen molar-refractivity contribution in [3.63, 3.8) is 0 Å². The highest BCUT2D eigenvalue weighted by atomic mass is 13.9. The van der Waals surface area contributed by atoms with E-state index < -0.39 is 0 Å². The number of rotatable bonds is 0. The van der Waals surface area contributed by atoms with Crippen LogP contribution in [-0.2, 0) is 0 Å². The standard InChI is InChI=1S/C14H19/c1-2-4-6-8-10-12-14-13-11-9-7-5-3-1/h1-2,5,7,10,12-13H,3-4,6,8-9,14H2. The van der Waals surface area contributed by atoms with Gasteiger partial charge in [-0.05, 0) is 44.6 Å². The fourth-order valence-corrected chi connectivity index (χ4v) is 1.34. The Kier molecular flexibility index (Phi) is 6.74. The lowest BCUT2D eigenvalue weighted by atomic mass is 10.2. The molecule has 0 bridgehead atoms. The molecule has 1 radical (unpaired) electrons. The molecule has 0 fully saturated rings. The van der Waals surface area contributed by atoms with Crippen molar-refractivity contribution in [1.29, 1.82) is 0 Å². The quantitative estimate of drug-likeness (QED) is 0.494. The summed E-state index contributed by atoms with van der Waals surface area (Å²) < 4.78 is 0. The van der Waals surface area contributed by atoms with Gasteiger partial charge in [0.05, 0.1) is 0 Å². The Labute approximate surface area is 87.7 Å². The normalized spacial score (nSPS) is 19.4. The van der Waals surface area contributed by atoms with Crippen LogP contribution in [0, 0.1) is 6.08 Å². The Morgan fingerprint density at radius 2 is 1.43 bits per heavy atom. The van der Waals surface area contributed by atoms with E-state index in [4.69, 9.17) is 0 Å². The first-order chi connectivity index (χ1) is 7.00. The second-order valence-electron chi connectivity index (χ2n) is 3.43. The molecule has 0 unspecified atom stereocenters. The van der Waals surface area contributed by atoms with Crippen LogP contribution < -0.4 is 0 Å². The summed E-state index contributed by atoms with van der Waals surface area (Å²) in [5.74, 6) is 0. The van der Waals surface area contributed by atoms with Gasteiger partial charge in [0, 0.05) is 0 Å². The molecule has 0 saturated heterocycles. The van der Waals surface area contributed by atoms with Crippen molar-refractivity contribution in [1.82, 2.24) is 0 Å². The van der Waals surface area contributed by atoms with Gasteiger partial charge in [0.15, 0.2) is 0 Å². The highest BCUT2D eigenvalue weighted by Crippen LogP contribution is 2.01. The van der Waals surface area contributed by atoms with E-state index >= 15 is 0 Å². The Bertz CT molecular complexity index is 204. The van der Waals surface area contributed by atoms with Crippen molar-refractivity contribution in [2.45, 2.75) is 38.5 Å². The molecule has 0 atom stereocenters. The topological polar surface area (TPSA) is 0 Å². The Hall–Kier alpha value is -1.04. The van der Waals surface area contributed by atoms with Crippen LogP contribution in [0.15, 0.2) is 42.5 Å². The molecule has 0 N–H and O–H groups in total. The van der Waals surface area contributed by atoms with E-state index in [0.29, 0.717) is 0 Å². The zero-order valence-electron chi connectivity index (χ0n) is 8.78. The van der Waals surface area contributed by atoms with Crippen molar-refractivity contribution in [3.05, 3.63) is 48.6 Å². The monoisotopic (exact) mass is 187 g/mol. The van der Waals surface area contributed by atoms with Gasteiger partial charge in [-0.3, -0.25) is 0 Å². The van der Waals surface area contributed by atoms with Gasteiger partial charge in [-0.1, -0.05) is 42.5 Å². The third-order valence-electron chi connectivity index (χ3n) is 2.15. The maximum Gasteiger partial charge on any atom is -0.00977 e. The largest absolute Gasteiger partial charge is 0.0882 e. The highest BCUT2D eigenvalue weighted by Gasteiger charge is 1.81. The van der Waals surface area contributed by atoms with Crippen LogP contribution in [0.3, 0.4) is 0 Å². The molecule has 14 heavy (non-hydrogen) atoms. The highest BCUT2D eigenvalue weighted by molar-refractivity contribution is 4.97. The van der Waals surface area contributed by atoms with E-state index in [9.17, 15) is 0 Å². The molecule has 0 aromatic heterocycles. The lowest BCUT2D eigenvalue weighted by Gasteiger charge is -1.91. The predicted molar refractivity (Wildman–Crippen MR) is 62.9 cm³/mol. The van der Waals surface area contributed by atoms with Crippen molar-refractivity contribution >= 4 is 0 Å². The van der Waals surface area contributed by atoms with E-state index in [-0.39, 0.29) is 0 Å². The summed E-state index contributed by atoms with van der Waals surface area (Å²) >= 11 is 0. The number of allylic oxidation sites excluding steroid dienone is 8. The molecular formula is C14H19. The molecule has 0 amide bonds.